The minimum absolute atomic E-state index is 0.0131. The van der Waals surface area contributed by atoms with E-state index < -0.39 is 0 Å². The summed E-state index contributed by atoms with van der Waals surface area (Å²) in [4.78, 5) is 20.8. The molecule has 0 bridgehead atoms. The molecule has 0 unspecified atom stereocenters. The van der Waals surface area contributed by atoms with Gasteiger partial charge in [-0.05, 0) is 51.6 Å². The van der Waals surface area contributed by atoms with Gasteiger partial charge in [-0.1, -0.05) is 6.92 Å². The maximum Gasteiger partial charge on any atom is 0.315 e. The van der Waals surface area contributed by atoms with Gasteiger partial charge in [0.2, 0.25) is 0 Å². The average Bonchev–Trinajstić information content (AvgIpc) is 2.64. The Balaban J connectivity index is 1.76. The number of urea groups is 1. The number of aromatic nitrogens is 1. The molecule has 3 rings (SSSR count). The summed E-state index contributed by atoms with van der Waals surface area (Å²) < 4.78 is 14.5. The molecule has 6 nitrogen and oxygen atoms in total. The van der Waals surface area contributed by atoms with Crippen molar-refractivity contribution in [3.8, 4) is 0 Å². The summed E-state index contributed by atoms with van der Waals surface area (Å²) in [6, 6.07) is 5.33. The highest BCUT2D eigenvalue weighted by atomic mass is 19.1. The lowest BCUT2D eigenvalue weighted by Gasteiger charge is -2.38. The Kier molecular flexibility index (Phi) is 6.34. The van der Waals surface area contributed by atoms with Crippen LogP contribution >= 0.6 is 0 Å². The van der Waals surface area contributed by atoms with Gasteiger partial charge in [-0.3, -0.25) is 4.98 Å². The van der Waals surface area contributed by atoms with Gasteiger partial charge in [0, 0.05) is 55.1 Å². The van der Waals surface area contributed by atoms with Crippen LogP contribution in [0.25, 0.3) is 10.9 Å². The molecule has 1 fully saturated rings. The van der Waals surface area contributed by atoms with Crippen LogP contribution in [0.4, 0.5) is 14.9 Å². The van der Waals surface area contributed by atoms with Gasteiger partial charge in [0.1, 0.15) is 5.82 Å². The average molecular weight is 388 g/mol. The van der Waals surface area contributed by atoms with Gasteiger partial charge in [0.15, 0.2) is 0 Å². The lowest BCUT2D eigenvalue weighted by molar-refractivity contribution is 0.231. The molecule has 2 aromatic rings. The van der Waals surface area contributed by atoms with Gasteiger partial charge in [-0.15, -0.1) is 0 Å². The third-order valence-corrected chi connectivity index (χ3v) is 5.24. The van der Waals surface area contributed by atoms with Gasteiger partial charge < -0.3 is 20.4 Å². The van der Waals surface area contributed by atoms with Gasteiger partial charge >= 0.3 is 6.03 Å². The number of aryl methyl sites for hydroxylation is 1. The maximum atomic E-state index is 14.5. The molecule has 1 aliphatic rings. The second-order valence-corrected chi connectivity index (χ2v) is 8.05. The maximum absolute atomic E-state index is 14.5. The molecule has 2 atom stereocenters. The minimum Gasteiger partial charge on any atom is -0.369 e. The van der Waals surface area contributed by atoms with E-state index in [0.717, 1.165) is 30.6 Å². The third kappa shape index (κ3) is 4.70. The normalized spacial score (nSPS) is 19.9. The number of halogens is 1. The van der Waals surface area contributed by atoms with Crippen LogP contribution in [0.1, 0.15) is 18.9 Å². The number of nitrogens with one attached hydrogen (secondary N) is 2. The van der Waals surface area contributed by atoms with E-state index in [2.05, 4.69) is 27.4 Å². The van der Waals surface area contributed by atoms with E-state index >= 15 is 0 Å². The van der Waals surface area contributed by atoms with E-state index in [1.165, 1.54) is 0 Å². The minimum atomic E-state index is -0.245. The Labute approximate surface area is 166 Å². The number of carbonyl (C=O) groups is 1. The van der Waals surface area contributed by atoms with Crippen molar-refractivity contribution < 1.29 is 9.18 Å². The highest BCUT2D eigenvalue weighted by Gasteiger charge is 2.27. The fourth-order valence-electron chi connectivity index (χ4n) is 3.87. The van der Waals surface area contributed by atoms with Gasteiger partial charge in [-0.25, -0.2) is 9.18 Å². The topological polar surface area (TPSA) is 60.5 Å². The van der Waals surface area contributed by atoms with Crippen LogP contribution in [-0.4, -0.2) is 62.2 Å². The summed E-state index contributed by atoms with van der Waals surface area (Å²) in [5.74, 6) is 0.141. The van der Waals surface area contributed by atoms with E-state index in [-0.39, 0.29) is 17.9 Å². The Hall–Kier alpha value is -2.41. The Bertz CT molecular complexity index is 841. The number of fused-ring (bicyclic) bond motifs is 1. The third-order valence-electron chi connectivity index (χ3n) is 5.24. The molecule has 0 aliphatic carbocycles. The van der Waals surface area contributed by atoms with Crippen molar-refractivity contribution >= 4 is 22.6 Å². The number of anilines is 1. The number of hydrogen-bond donors (Lipinski definition) is 2. The molecular weight excluding hydrogens is 357 g/mol. The Morgan fingerprint density at radius 2 is 2.18 bits per heavy atom. The number of nitrogens with zero attached hydrogens (tertiary/aromatic N) is 3. The lowest BCUT2D eigenvalue weighted by Crippen LogP contribution is -2.53. The largest absolute Gasteiger partial charge is 0.369 e. The molecule has 0 saturated carbocycles. The zero-order chi connectivity index (χ0) is 20.3. The number of hydrogen-bond acceptors (Lipinski definition) is 4. The van der Waals surface area contributed by atoms with E-state index in [4.69, 9.17) is 0 Å². The summed E-state index contributed by atoms with van der Waals surface area (Å²) in [5, 5.41) is 6.92. The number of pyridine rings is 1. The van der Waals surface area contributed by atoms with Gasteiger partial charge in [0.05, 0.1) is 5.52 Å². The fraction of sp³-hybridized carbons (Fsp3) is 0.524. The van der Waals surface area contributed by atoms with Crippen LogP contribution in [0.3, 0.4) is 0 Å². The van der Waals surface area contributed by atoms with Crippen molar-refractivity contribution in [1.82, 2.24) is 20.5 Å². The first-order chi connectivity index (χ1) is 13.3. The van der Waals surface area contributed by atoms with Gasteiger partial charge in [-0.2, -0.15) is 0 Å². The van der Waals surface area contributed by atoms with Crippen LogP contribution in [0.2, 0.25) is 0 Å². The zero-order valence-corrected chi connectivity index (χ0v) is 17.1. The molecule has 7 heteroatoms. The van der Waals surface area contributed by atoms with Crippen molar-refractivity contribution in [2.45, 2.75) is 26.3 Å². The molecular formula is C21H30FN5O. The first-order valence-corrected chi connectivity index (χ1v) is 9.83. The van der Waals surface area contributed by atoms with Crippen molar-refractivity contribution in [3.05, 3.63) is 35.8 Å². The number of likely N-dealkylation sites (N-methyl/N-ethyl adjacent to an activating group) is 1. The summed E-state index contributed by atoms with van der Waals surface area (Å²) >= 11 is 0. The van der Waals surface area contributed by atoms with Crippen molar-refractivity contribution in [1.29, 1.82) is 0 Å². The molecule has 2 heterocycles. The first kappa shape index (κ1) is 20.3. The first-order valence-electron chi connectivity index (χ1n) is 9.83. The van der Waals surface area contributed by atoms with Crippen LogP contribution in [0.5, 0.6) is 0 Å². The summed E-state index contributed by atoms with van der Waals surface area (Å²) in [7, 11) is 3.94. The zero-order valence-electron chi connectivity index (χ0n) is 17.1. The molecule has 2 amide bonds. The summed E-state index contributed by atoms with van der Waals surface area (Å²) in [6.45, 7) is 6.79. The Morgan fingerprint density at radius 3 is 2.93 bits per heavy atom. The SMILES string of the molecule is Cc1c(F)cc(N2C[C@@H](C)C[C@@H](NC(=O)NCCN(C)C)C2)c2cccnc12. The highest BCUT2D eigenvalue weighted by Crippen LogP contribution is 2.32. The molecule has 1 aromatic carbocycles. The number of piperidine rings is 1. The lowest BCUT2D eigenvalue weighted by atomic mass is 9.94. The van der Waals surface area contributed by atoms with Crippen LogP contribution in [0, 0.1) is 18.7 Å². The smallest absolute Gasteiger partial charge is 0.315 e. The highest BCUT2D eigenvalue weighted by molar-refractivity contribution is 5.94. The molecule has 28 heavy (non-hydrogen) atoms. The number of rotatable bonds is 5. The molecule has 152 valence electrons. The summed E-state index contributed by atoms with van der Waals surface area (Å²) in [5.41, 5.74) is 2.11. The van der Waals surface area contributed by atoms with E-state index in [9.17, 15) is 9.18 Å². The molecule has 0 spiro atoms. The van der Waals surface area contributed by atoms with E-state index in [0.29, 0.717) is 30.1 Å². The molecule has 1 saturated heterocycles. The number of benzene rings is 1. The molecule has 1 aliphatic heterocycles. The van der Waals surface area contributed by atoms with E-state index in [1.54, 1.807) is 19.2 Å². The quantitative estimate of drug-likeness (QED) is 0.828. The fourth-order valence-corrected chi connectivity index (χ4v) is 3.87. The Morgan fingerprint density at radius 1 is 1.39 bits per heavy atom. The number of carbonyl (C=O) groups excluding carboxylic acids is 1. The molecule has 0 radical (unpaired) electrons. The van der Waals surface area contributed by atoms with Crippen molar-refractivity contribution in [3.63, 3.8) is 0 Å². The van der Waals surface area contributed by atoms with Gasteiger partial charge in [0.25, 0.3) is 0 Å². The van der Waals surface area contributed by atoms with Crippen LogP contribution in [-0.2, 0) is 0 Å². The standard InChI is InChI=1S/C21H30FN5O/c1-14-10-16(25-21(28)24-8-9-26(3)4)13-27(12-14)19-11-18(22)15(2)20-17(19)6-5-7-23-20/h5-7,11,14,16H,8-10,12-13H2,1-4H3,(H2,24,25,28)/t14-,16+/m0/s1. The van der Waals surface area contributed by atoms with E-state index in [1.807, 2.05) is 31.1 Å². The second-order valence-electron chi connectivity index (χ2n) is 8.05. The number of amides is 2. The summed E-state index contributed by atoms with van der Waals surface area (Å²) in [6.07, 6.45) is 2.60. The van der Waals surface area contributed by atoms with Crippen molar-refractivity contribution in [2.24, 2.45) is 5.92 Å². The van der Waals surface area contributed by atoms with Crippen LogP contribution in [0.15, 0.2) is 24.4 Å². The predicted octanol–water partition coefficient (Wildman–Crippen LogP) is 2.76. The predicted molar refractivity (Wildman–Crippen MR) is 111 cm³/mol. The monoisotopic (exact) mass is 387 g/mol. The second kappa shape index (κ2) is 8.73. The van der Waals surface area contributed by atoms with Crippen LogP contribution < -0.4 is 15.5 Å². The van der Waals surface area contributed by atoms with Crippen molar-refractivity contribution in [2.75, 3.05) is 45.2 Å². The molecule has 1 aromatic heterocycles. The molecule has 2 N–H and O–H groups in total.